The van der Waals surface area contributed by atoms with Gasteiger partial charge in [-0.3, -0.25) is 4.90 Å². The molecule has 0 aromatic heterocycles. The van der Waals surface area contributed by atoms with Crippen molar-refractivity contribution < 1.29 is 4.74 Å². The molecule has 1 aromatic carbocycles. The fourth-order valence-electron chi connectivity index (χ4n) is 3.43. The second kappa shape index (κ2) is 7.14. The van der Waals surface area contributed by atoms with E-state index in [-0.39, 0.29) is 6.04 Å². The standard InChI is InChI=1S/C17H29N3O/c1-5-20-11-7-8-14(20)12-19(3)15-9-6-10-16(21-4)17(15)13(2)18/h6,9-10,13-14H,5,7-8,11-12,18H2,1-4H3/t13-,14?/m1/s1. The Balaban J connectivity index is 2.20. The van der Waals surface area contributed by atoms with Crippen LogP contribution in [0.25, 0.3) is 0 Å². The van der Waals surface area contributed by atoms with Gasteiger partial charge in [0.2, 0.25) is 0 Å². The van der Waals surface area contributed by atoms with Crippen molar-refractivity contribution >= 4 is 5.69 Å². The minimum absolute atomic E-state index is 0.0375. The lowest BCUT2D eigenvalue weighted by Gasteiger charge is -2.31. The lowest BCUT2D eigenvalue weighted by atomic mass is 10.0. The van der Waals surface area contributed by atoms with Crippen LogP contribution in [0.2, 0.25) is 0 Å². The quantitative estimate of drug-likeness (QED) is 0.875. The molecule has 1 fully saturated rings. The molecule has 2 N–H and O–H groups in total. The van der Waals surface area contributed by atoms with Crippen molar-refractivity contribution in [2.24, 2.45) is 5.73 Å². The third-order valence-electron chi connectivity index (χ3n) is 4.52. The van der Waals surface area contributed by atoms with Crippen molar-refractivity contribution in [3.05, 3.63) is 23.8 Å². The average molecular weight is 291 g/mol. The van der Waals surface area contributed by atoms with Crippen molar-refractivity contribution in [2.75, 3.05) is 38.7 Å². The van der Waals surface area contributed by atoms with Gasteiger partial charge in [0.25, 0.3) is 0 Å². The molecule has 1 aliphatic heterocycles. The molecule has 0 saturated carbocycles. The first kappa shape index (κ1) is 16.1. The number of hydrogen-bond donors (Lipinski definition) is 1. The van der Waals surface area contributed by atoms with Crippen molar-refractivity contribution in [3.8, 4) is 5.75 Å². The van der Waals surface area contributed by atoms with Gasteiger partial charge in [-0.15, -0.1) is 0 Å². The monoisotopic (exact) mass is 291 g/mol. The molecule has 0 aliphatic carbocycles. The van der Waals surface area contributed by atoms with Gasteiger partial charge in [-0.1, -0.05) is 13.0 Å². The Morgan fingerprint density at radius 1 is 1.48 bits per heavy atom. The summed E-state index contributed by atoms with van der Waals surface area (Å²) in [5.74, 6) is 0.883. The maximum Gasteiger partial charge on any atom is 0.125 e. The molecule has 4 heteroatoms. The maximum absolute atomic E-state index is 6.17. The van der Waals surface area contributed by atoms with Crippen LogP contribution < -0.4 is 15.4 Å². The van der Waals surface area contributed by atoms with Crippen molar-refractivity contribution in [1.82, 2.24) is 4.90 Å². The predicted molar refractivity (Wildman–Crippen MR) is 89.1 cm³/mol. The van der Waals surface area contributed by atoms with Crippen LogP contribution >= 0.6 is 0 Å². The van der Waals surface area contributed by atoms with E-state index in [0.29, 0.717) is 6.04 Å². The van der Waals surface area contributed by atoms with E-state index in [0.717, 1.165) is 24.4 Å². The van der Waals surface area contributed by atoms with E-state index in [4.69, 9.17) is 10.5 Å². The summed E-state index contributed by atoms with van der Waals surface area (Å²) in [7, 11) is 3.87. The summed E-state index contributed by atoms with van der Waals surface area (Å²) < 4.78 is 5.49. The number of rotatable bonds is 6. The van der Waals surface area contributed by atoms with E-state index < -0.39 is 0 Å². The summed E-state index contributed by atoms with van der Waals surface area (Å²) in [6, 6.07) is 6.79. The molecule has 4 nitrogen and oxygen atoms in total. The number of nitrogens with zero attached hydrogens (tertiary/aromatic N) is 2. The van der Waals surface area contributed by atoms with E-state index in [9.17, 15) is 0 Å². The second-order valence-corrected chi connectivity index (χ2v) is 5.99. The van der Waals surface area contributed by atoms with Crippen LogP contribution in [0.4, 0.5) is 5.69 Å². The zero-order chi connectivity index (χ0) is 15.4. The van der Waals surface area contributed by atoms with Gasteiger partial charge >= 0.3 is 0 Å². The summed E-state index contributed by atoms with van der Waals surface area (Å²) in [4.78, 5) is 4.90. The molecule has 1 aromatic rings. The van der Waals surface area contributed by atoms with Crippen LogP contribution in [0.1, 0.15) is 38.3 Å². The zero-order valence-corrected chi connectivity index (χ0v) is 13.8. The first-order valence-corrected chi connectivity index (χ1v) is 7.96. The molecule has 0 radical (unpaired) electrons. The first-order chi connectivity index (χ1) is 10.1. The lowest BCUT2D eigenvalue weighted by Crippen LogP contribution is -2.39. The highest BCUT2D eigenvalue weighted by Gasteiger charge is 2.25. The fourth-order valence-corrected chi connectivity index (χ4v) is 3.43. The molecule has 1 aliphatic rings. The molecule has 1 saturated heterocycles. The van der Waals surface area contributed by atoms with Gasteiger partial charge in [0.05, 0.1) is 7.11 Å². The summed E-state index contributed by atoms with van der Waals surface area (Å²) >= 11 is 0. The van der Waals surface area contributed by atoms with Crippen LogP contribution in [0.5, 0.6) is 5.75 Å². The summed E-state index contributed by atoms with van der Waals surface area (Å²) in [5, 5.41) is 0. The van der Waals surface area contributed by atoms with Gasteiger partial charge in [0.15, 0.2) is 0 Å². The molecule has 1 unspecified atom stereocenters. The number of ether oxygens (including phenoxy) is 1. The lowest BCUT2D eigenvalue weighted by molar-refractivity contribution is 0.270. The van der Waals surface area contributed by atoms with Crippen LogP contribution in [0, 0.1) is 0 Å². The number of likely N-dealkylation sites (N-methyl/N-ethyl adjacent to an activating group) is 2. The average Bonchev–Trinajstić information content (AvgIpc) is 2.93. The third-order valence-corrected chi connectivity index (χ3v) is 4.52. The summed E-state index contributed by atoms with van der Waals surface area (Å²) in [6.07, 6.45) is 2.60. The molecule has 0 amide bonds. The molecule has 21 heavy (non-hydrogen) atoms. The third kappa shape index (κ3) is 3.50. The van der Waals surface area contributed by atoms with E-state index in [1.165, 1.54) is 25.1 Å². The van der Waals surface area contributed by atoms with Gasteiger partial charge in [-0.05, 0) is 45.0 Å². The largest absolute Gasteiger partial charge is 0.496 e. The van der Waals surface area contributed by atoms with Gasteiger partial charge in [-0.25, -0.2) is 0 Å². The van der Waals surface area contributed by atoms with Crippen LogP contribution in [0.15, 0.2) is 18.2 Å². The van der Waals surface area contributed by atoms with E-state index >= 15 is 0 Å². The minimum atomic E-state index is -0.0375. The smallest absolute Gasteiger partial charge is 0.125 e. The number of hydrogen-bond acceptors (Lipinski definition) is 4. The number of methoxy groups -OCH3 is 1. The summed E-state index contributed by atoms with van der Waals surface area (Å²) in [6.45, 7) is 7.67. The first-order valence-electron chi connectivity index (χ1n) is 7.96. The highest BCUT2D eigenvalue weighted by Crippen LogP contribution is 2.33. The number of nitrogens with two attached hydrogens (primary N) is 1. The van der Waals surface area contributed by atoms with E-state index in [1.807, 2.05) is 19.1 Å². The Hall–Kier alpha value is -1.26. The highest BCUT2D eigenvalue weighted by atomic mass is 16.5. The van der Waals surface area contributed by atoms with Crippen molar-refractivity contribution in [1.29, 1.82) is 0 Å². The second-order valence-electron chi connectivity index (χ2n) is 5.99. The maximum atomic E-state index is 6.17. The van der Waals surface area contributed by atoms with E-state index in [2.05, 4.69) is 29.8 Å². The Labute approximate surface area is 128 Å². The van der Waals surface area contributed by atoms with Gasteiger partial charge in [-0.2, -0.15) is 0 Å². The Morgan fingerprint density at radius 2 is 2.24 bits per heavy atom. The van der Waals surface area contributed by atoms with Crippen LogP contribution in [0.3, 0.4) is 0 Å². The molecule has 0 bridgehead atoms. The predicted octanol–water partition coefficient (Wildman–Crippen LogP) is 2.64. The molecule has 0 spiro atoms. The molecule has 2 atom stereocenters. The van der Waals surface area contributed by atoms with Gasteiger partial charge in [0.1, 0.15) is 5.75 Å². The van der Waals surface area contributed by atoms with Crippen LogP contribution in [-0.2, 0) is 0 Å². The van der Waals surface area contributed by atoms with E-state index in [1.54, 1.807) is 7.11 Å². The highest BCUT2D eigenvalue weighted by molar-refractivity contribution is 5.60. The number of anilines is 1. The Morgan fingerprint density at radius 3 is 2.86 bits per heavy atom. The van der Waals surface area contributed by atoms with Crippen LogP contribution in [-0.4, -0.2) is 44.7 Å². The minimum Gasteiger partial charge on any atom is -0.496 e. The Kier molecular flexibility index (Phi) is 5.48. The molecule has 2 rings (SSSR count). The topological polar surface area (TPSA) is 41.7 Å². The van der Waals surface area contributed by atoms with Gasteiger partial charge in [0, 0.05) is 36.9 Å². The molecule has 1 heterocycles. The number of likely N-dealkylation sites (tertiary alicyclic amines) is 1. The Bertz CT molecular complexity index is 461. The molecular formula is C17H29N3O. The molecular weight excluding hydrogens is 262 g/mol. The molecule has 118 valence electrons. The van der Waals surface area contributed by atoms with Gasteiger partial charge < -0.3 is 15.4 Å². The fraction of sp³-hybridized carbons (Fsp3) is 0.647. The van der Waals surface area contributed by atoms with Crippen molar-refractivity contribution in [3.63, 3.8) is 0 Å². The van der Waals surface area contributed by atoms with Crippen molar-refractivity contribution in [2.45, 2.75) is 38.8 Å². The zero-order valence-electron chi connectivity index (χ0n) is 13.8. The normalized spacial score (nSPS) is 20.5. The summed E-state index contributed by atoms with van der Waals surface area (Å²) in [5.41, 5.74) is 8.46. The SMILES string of the molecule is CCN1CCCC1CN(C)c1cccc(OC)c1[C@@H](C)N. The number of benzene rings is 1.